The van der Waals surface area contributed by atoms with Gasteiger partial charge in [0.1, 0.15) is 4.90 Å². The highest BCUT2D eigenvalue weighted by Crippen LogP contribution is 2.45. The first kappa shape index (κ1) is 24.7. The lowest BCUT2D eigenvalue weighted by Crippen LogP contribution is -2.57. The maximum Gasteiger partial charge on any atom is 0.426 e. The molecule has 0 unspecified atom stereocenters. The minimum Gasteiger partial charge on any atom is -0.462 e. The van der Waals surface area contributed by atoms with Crippen LogP contribution in [0, 0.1) is 0 Å². The van der Waals surface area contributed by atoms with Gasteiger partial charge >= 0.3 is 18.3 Å². The molecule has 6 nitrogen and oxygen atoms in total. The van der Waals surface area contributed by atoms with Crippen LogP contribution in [0.4, 0.5) is 26.3 Å². The summed E-state index contributed by atoms with van der Waals surface area (Å²) in [6.45, 7) is -1.48. The van der Waals surface area contributed by atoms with E-state index in [1.165, 1.54) is 12.1 Å². The summed E-state index contributed by atoms with van der Waals surface area (Å²) >= 11 is 0. The minimum atomic E-state index is -6.08. The Morgan fingerprint density at radius 2 is 1.42 bits per heavy atom. The molecule has 0 aliphatic carbocycles. The highest BCUT2D eigenvalue weighted by molar-refractivity contribution is 7.86. The number of carbonyl (C=O) groups excluding carboxylic acids is 1. The summed E-state index contributed by atoms with van der Waals surface area (Å²) < 4.78 is 114. The molecule has 0 aliphatic heterocycles. The topological polar surface area (TPSA) is 101 Å². The van der Waals surface area contributed by atoms with Crippen molar-refractivity contribution in [2.24, 2.45) is 0 Å². The molecule has 0 saturated heterocycles. The fourth-order valence-corrected chi connectivity index (χ4v) is 3.90. The van der Waals surface area contributed by atoms with Gasteiger partial charge in [0, 0.05) is 11.8 Å². The van der Waals surface area contributed by atoms with Gasteiger partial charge in [-0.25, -0.2) is 4.79 Å². The summed E-state index contributed by atoms with van der Waals surface area (Å²) in [5.74, 6) is -1.46. The summed E-state index contributed by atoms with van der Waals surface area (Å²) in [7, 11) is -4.88. The number of alkyl halides is 6. The van der Waals surface area contributed by atoms with Crippen LogP contribution < -0.4 is 0 Å². The Balaban J connectivity index is 1.96. The Morgan fingerprint density at radius 1 is 0.879 bits per heavy atom. The Hall–Kier alpha value is -2.90. The van der Waals surface area contributed by atoms with Gasteiger partial charge in [-0.05, 0) is 40.4 Å². The predicted octanol–water partition coefficient (Wildman–Crippen LogP) is 4.64. The van der Waals surface area contributed by atoms with Gasteiger partial charge in [0.25, 0.3) is 15.7 Å². The van der Waals surface area contributed by atoms with Crippen LogP contribution in [-0.4, -0.2) is 48.6 Å². The Labute approximate surface area is 182 Å². The fourth-order valence-electron chi connectivity index (χ4n) is 3.17. The van der Waals surface area contributed by atoms with E-state index in [1.54, 1.807) is 24.3 Å². The molecule has 178 valence electrons. The predicted molar refractivity (Wildman–Crippen MR) is 103 cm³/mol. The number of halogens is 6. The Bertz CT molecular complexity index is 1320. The van der Waals surface area contributed by atoms with E-state index >= 15 is 0 Å². The number of hydrogen-bond acceptors (Lipinski definition) is 5. The molecule has 0 atom stereocenters. The van der Waals surface area contributed by atoms with E-state index < -0.39 is 57.5 Å². The van der Waals surface area contributed by atoms with Gasteiger partial charge in [-0.1, -0.05) is 24.3 Å². The van der Waals surface area contributed by atoms with Gasteiger partial charge in [-0.2, -0.15) is 34.8 Å². The second-order valence-electron chi connectivity index (χ2n) is 7.11. The zero-order chi connectivity index (χ0) is 24.8. The summed E-state index contributed by atoms with van der Waals surface area (Å²) in [5, 5.41) is 10.5. The minimum absolute atomic E-state index is 0.0243. The average molecular weight is 496 g/mol. The highest BCUT2D eigenvalue weighted by atomic mass is 32.2. The van der Waals surface area contributed by atoms with Crippen LogP contribution >= 0.6 is 0 Å². The van der Waals surface area contributed by atoms with Crippen LogP contribution in [0.1, 0.15) is 16.8 Å². The van der Waals surface area contributed by atoms with Crippen molar-refractivity contribution in [3.05, 3.63) is 54.1 Å². The number of fused-ring (bicyclic) bond motifs is 2. The average Bonchev–Trinajstić information content (AvgIpc) is 2.68. The summed E-state index contributed by atoms with van der Waals surface area (Å²) in [4.78, 5) is 11.6. The molecule has 3 rings (SSSR count). The molecular formula is C20H14F6O6S. The van der Waals surface area contributed by atoms with Crippen LogP contribution in [0.5, 0.6) is 0 Å². The van der Waals surface area contributed by atoms with E-state index in [0.29, 0.717) is 16.8 Å². The van der Waals surface area contributed by atoms with Crippen molar-refractivity contribution in [2.45, 2.75) is 29.3 Å². The molecular weight excluding hydrogens is 482 g/mol. The smallest absolute Gasteiger partial charge is 0.426 e. The van der Waals surface area contributed by atoms with Crippen molar-refractivity contribution >= 4 is 37.6 Å². The first-order valence-electron chi connectivity index (χ1n) is 9.01. The molecule has 0 aromatic heterocycles. The van der Waals surface area contributed by atoms with E-state index in [2.05, 4.69) is 4.74 Å². The van der Waals surface area contributed by atoms with Crippen molar-refractivity contribution in [2.75, 3.05) is 6.61 Å². The van der Waals surface area contributed by atoms with Gasteiger partial charge in [0.2, 0.25) is 0 Å². The van der Waals surface area contributed by atoms with Gasteiger partial charge in [0.05, 0.1) is 12.2 Å². The molecule has 0 saturated carbocycles. The van der Waals surface area contributed by atoms with E-state index in [0.717, 1.165) is 6.07 Å². The van der Waals surface area contributed by atoms with Crippen molar-refractivity contribution in [3.8, 4) is 0 Å². The third-order valence-electron chi connectivity index (χ3n) is 4.93. The number of carbonyl (C=O) groups is 1. The SMILES string of the molecule is O=C(OCCC(O)(C(F)(F)F)C(F)(F)F)c1cc(S(=O)(=O)O)c2cc3ccccc3cc2c1. The van der Waals surface area contributed by atoms with E-state index in [1.807, 2.05) is 0 Å². The number of rotatable bonds is 5. The van der Waals surface area contributed by atoms with Gasteiger partial charge < -0.3 is 9.84 Å². The first-order valence-corrected chi connectivity index (χ1v) is 10.5. The highest BCUT2D eigenvalue weighted by Gasteiger charge is 2.70. The Kier molecular flexibility index (Phi) is 6.11. The van der Waals surface area contributed by atoms with Crippen molar-refractivity contribution < 1.29 is 54.0 Å². The van der Waals surface area contributed by atoms with Gasteiger partial charge in [-0.3, -0.25) is 4.55 Å². The summed E-state index contributed by atoms with van der Waals surface area (Å²) in [5.41, 5.74) is -5.66. The van der Waals surface area contributed by atoms with Crippen LogP contribution in [0.2, 0.25) is 0 Å². The number of benzene rings is 3. The fraction of sp³-hybridized carbons (Fsp3) is 0.250. The maximum absolute atomic E-state index is 12.7. The molecule has 0 fully saturated rings. The molecule has 2 N–H and O–H groups in total. The largest absolute Gasteiger partial charge is 0.462 e. The van der Waals surface area contributed by atoms with Crippen LogP contribution in [-0.2, 0) is 14.9 Å². The molecule has 13 heteroatoms. The molecule has 3 aromatic rings. The summed E-state index contributed by atoms with van der Waals surface area (Å²) in [6, 6.07) is 11.4. The zero-order valence-corrected chi connectivity index (χ0v) is 17.1. The van der Waals surface area contributed by atoms with E-state index in [-0.39, 0.29) is 10.8 Å². The quantitative estimate of drug-likeness (QED) is 0.231. The molecule has 0 heterocycles. The zero-order valence-electron chi connectivity index (χ0n) is 16.2. The molecule has 0 spiro atoms. The van der Waals surface area contributed by atoms with E-state index in [4.69, 9.17) is 5.11 Å². The van der Waals surface area contributed by atoms with Crippen LogP contribution in [0.3, 0.4) is 0 Å². The normalized spacial score (nSPS) is 13.5. The lowest BCUT2D eigenvalue weighted by molar-refractivity contribution is -0.371. The monoisotopic (exact) mass is 496 g/mol. The van der Waals surface area contributed by atoms with Gasteiger partial charge in [-0.15, -0.1) is 0 Å². The molecule has 3 aromatic carbocycles. The van der Waals surface area contributed by atoms with Crippen molar-refractivity contribution in [1.29, 1.82) is 0 Å². The third-order valence-corrected chi connectivity index (χ3v) is 5.82. The summed E-state index contributed by atoms with van der Waals surface area (Å²) in [6.07, 6.45) is -14.2. The lowest BCUT2D eigenvalue weighted by Gasteiger charge is -2.31. The van der Waals surface area contributed by atoms with Crippen molar-refractivity contribution in [1.82, 2.24) is 0 Å². The number of esters is 1. The molecule has 0 aliphatic rings. The molecule has 33 heavy (non-hydrogen) atoms. The van der Waals surface area contributed by atoms with Crippen LogP contribution in [0.15, 0.2) is 53.4 Å². The van der Waals surface area contributed by atoms with Crippen LogP contribution in [0.25, 0.3) is 21.5 Å². The van der Waals surface area contributed by atoms with Gasteiger partial charge in [0.15, 0.2) is 0 Å². The standard InChI is InChI=1S/C20H14F6O6S/c21-19(22,23)18(28,20(24,25)26)5-6-32-17(27)14-8-13-7-11-3-1-2-4-12(11)9-15(13)16(10-14)33(29,30)31/h1-4,7-10,28H,5-6H2,(H,29,30,31). The van der Waals surface area contributed by atoms with Crippen molar-refractivity contribution in [3.63, 3.8) is 0 Å². The third kappa shape index (κ3) is 4.75. The Morgan fingerprint density at radius 3 is 1.94 bits per heavy atom. The second-order valence-corrected chi connectivity index (χ2v) is 8.50. The second kappa shape index (κ2) is 8.15. The lowest BCUT2D eigenvalue weighted by atomic mass is 9.99. The first-order chi connectivity index (χ1) is 15.0. The maximum atomic E-state index is 12.7. The van der Waals surface area contributed by atoms with E-state index in [9.17, 15) is 44.1 Å². The molecule has 0 bridgehead atoms. The number of hydrogen-bond donors (Lipinski definition) is 2. The molecule has 0 amide bonds. The number of aliphatic hydroxyl groups is 1. The number of ether oxygens (including phenoxy) is 1. The molecule has 0 radical (unpaired) electrons.